The summed E-state index contributed by atoms with van der Waals surface area (Å²) < 4.78 is 12.8. The number of ether oxygens (including phenoxy) is 1. The minimum atomic E-state index is -2.51. The summed E-state index contributed by atoms with van der Waals surface area (Å²) in [5, 5.41) is 2.56. The van der Waals surface area contributed by atoms with E-state index in [0.717, 1.165) is 12.7 Å². The molecule has 1 aliphatic heterocycles. The Bertz CT molecular complexity index is 760. The first-order valence-corrected chi connectivity index (χ1v) is 11.7. The third-order valence-corrected chi connectivity index (χ3v) is 11.3. The topological polar surface area (TPSA) is 35.5 Å². The molecule has 2 aliphatic rings. The number of carbonyl (C=O) groups excluding carboxylic acids is 1. The lowest BCUT2D eigenvalue weighted by Gasteiger charge is -2.43. The van der Waals surface area contributed by atoms with Crippen LogP contribution in [0.4, 0.5) is 0 Å². The van der Waals surface area contributed by atoms with E-state index in [9.17, 15) is 4.79 Å². The molecule has 0 radical (unpaired) electrons. The van der Waals surface area contributed by atoms with E-state index in [1.165, 1.54) is 10.4 Å². The van der Waals surface area contributed by atoms with Gasteiger partial charge in [-0.2, -0.15) is 0 Å². The second kappa shape index (κ2) is 6.69. The Kier molecular flexibility index (Phi) is 4.61. The molecule has 2 fully saturated rings. The normalized spacial score (nSPS) is 27.2. The summed E-state index contributed by atoms with van der Waals surface area (Å²) in [4.78, 5) is 11.4. The summed E-state index contributed by atoms with van der Waals surface area (Å²) >= 11 is 0. The van der Waals surface area contributed by atoms with Crippen molar-refractivity contribution >= 4 is 25.0 Å². The van der Waals surface area contributed by atoms with E-state index in [4.69, 9.17) is 9.16 Å². The third-order valence-electron chi connectivity index (χ3n) is 6.27. The van der Waals surface area contributed by atoms with E-state index in [0.29, 0.717) is 25.0 Å². The maximum atomic E-state index is 11.4. The van der Waals surface area contributed by atoms with Gasteiger partial charge in [0.1, 0.15) is 5.60 Å². The maximum absolute atomic E-state index is 11.4. The lowest BCUT2D eigenvalue weighted by molar-refractivity contribution is -0.118. The first kappa shape index (κ1) is 18.6. The van der Waals surface area contributed by atoms with E-state index >= 15 is 0 Å². The van der Waals surface area contributed by atoms with Crippen molar-refractivity contribution < 1.29 is 14.0 Å². The molecule has 0 spiro atoms. The quantitative estimate of drug-likeness (QED) is 0.570. The van der Waals surface area contributed by atoms with Crippen molar-refractivity contribution in [2.45, 2.75) is 37.8 Å². The van der Waals surface area contributed by atoms with Crippen LogP contribution >= 0.6 is 0 Å². The first-order chi connectivity index (χ1) is 12.9. The molecule has 142 valence electrons. The first-order valence-electron chi connectivity index (χ1n) is 9.78. The maximum Gasteiger partial charge on any atom is 0.261 e. The SMILES string of the molecule is CC(C)(C)[Si](OC[C@H]1CO[C@]2(C=O)C[C@H]12)(c1ccccc1)c1ccccc1. The van der Waals surface area contributed by atoms with E-state index in [1.807, 2.05) is 0 Å². The van der Waals surface area contributed by atoms with Crippen LogP contribution < -0.4 is 10.4 Å². The zero-order chi connectivity index (χ0) is 19.1. The van der Waals surface area contributed by atoms with Crippen LogP contribution in [0.5, 0.6) is 0 Å². The summed E-state index contributed by atoms with van der Waals surface area (Å²) in [5.41, 5.74) is -0.501. The molecule has 0 unspecified atom stereocenters. The van der Waals surface area contributed by atoms with Gasteiger partial charge in [-0.3, -0.25) is 0 Å². The van der Waals surface area contributed by atoms with Gasteiger partial charge in [0.25, 0.3) is 8.32 Å². The molecule has 3 nitrogen and oxygen atoms in total. The fourth-order valence-electron chi connectivity index (χ4n) is 4.72. The van der Waals surface area contributed by atoms with Crippen molar-refractivity contribution in [2.75, 3.05) is 13.2 Å². The largest absolute Gasteiger partial charge is 0.407 e. The predicted octanol–water partition coefficient (Wildman–Crippen LogP) is 3.17. The van der Waals surface area contributed by atoms with Crippen LogP contribution in [0.3, 0.4) is 0 Å². The molecule has 0 bridgehead atoms. The van der Waals surface area contributed by atoms with Crippen LogP contribution in [0, 0.1) is 11.8 Å². The lowest BCUT2D eigenvalue weighted by Crippen LogP contribution is -2.67. The average molecular weight is 381 g/mol. The summed E-state index contributed by atoms with van der Waals surface area (Å²) in [7, 11) is -2.51. The summed E-state index contributed by atoms with van der Waals surface area (Å²) in [6.45, 7) is 8.14. The molecule has 1 aliphatic carbocycles. The lowest BCUT2D eigenvalue weighted by atomic mass is 10.1. The molecule has 0 amide bonds. The van der Waals surface area contributed by atoms with Gasteiger partial charge in [0.2, 0.25) is 0 Å². The number of fused-ring (bicyclic) bond motifs is 1. The zero-order valence-electron chi connectivity index (χ0n) is 16.4. The number of hydrogen-bond acceptors (Lipinski definition) is 3. The smallest absolute Gasteiger partial charge is 0.261 e. The monoisotopic (exact) mass is 380 g/mol. The van der Waals surface area contributed by atoms with Gasteiger partial charge in [0, 0.05) is 18.4 Å². The molecule has 3 atom stereocenters. The molecule has 1 heterocycles. The molecular weight excluding hydrogens is 352 g/mol. The minimum Gasteiger partial charge on any atom is -0.407 e. The molecule has 0 N–H and O–H groups in total. The Balaban J connectivity index is 1.71. The van der Waals surface area contributed by atoms with Crippen molar-refractivity contribution in [3.63, 3.8) is 0 Å². The molecule has 2 aromatic carbocycles. The van der Waals surface area contributed by atoms with Gasteiger partial charge in [-0.1, -0.05) is 81.4 Å². The second-order valence-electron chi connectivity index (χ2n) is 8.93. The fourth-order valence-corrected chi connectivity index (χ4v) is 9.34. The van der Waals surface area contributed by atoms with Crippen LogP contribution in [-0.2, 0) is 14.0 Å². The number of carbonyl (C=O) groups is 1. The van der Waals surface area contributed by atoms with Gasteiger partial charge < -0.3 is 14.0 Å². The Morgan fingerprint density at radius 2 is 1.63 bits per heavy atom. The molecule has 0 aromatic heterocycles. The highest BCUT2D eigenvalue weighted by Crippen LogP contribution is 2.55. The van der Waals surface area contributed by atoms with Crippen molar-refractivity contribution in [2.24, 2.45) is 11.8 Å². The van der Waals surface area contributed by atoms with Crippen LogP contribution in [-0.4, -0.2) is 33.4 Å². The highest BCUT2D eigenvalue weighted by molar-refractivity contribution is 6.99. The molecule has 4 rings (SSSR count). The fraction of sp³-hybridized carbons (Fsp3) is 0.435. The van der Waals surface area contributed by atoms with Crippen LogP contribution in [0.25, 0.3) is 0 Å². The van der Waals surface area contributed by atoms with Crippen molar-refractivity contribution in [1.29, 1.82) is 0 Å². The average Bonchev–Trinajstić information content (AvgIpc) is 3.30. The third kappa shape index (κ3) is 3.00. The number of aldehydes is 1. The zero-order valence-corrected chi connectivity index (χ0v) is 17.4. The van der Waals surface area contributed by atoms with Gasteiger partial charge in [-0.05, 0) is 21.8 Å². The Morgan fingerprint density at radius 3 is 2.04 bits per heavy atom. The van der Waals surface area contributed by atoms with Crippen LogP contribution in [0.1, 0.15) is 27.2 Å². The van der Waals surface area contributed by atoms with Crippen LogP contribution in [0.15, 0.2) is 60.7 Å². The summed E-state index contributed by atoms with van der Waals surface area (Å²) in [5.74, 6) is 0.630. The summed E-state index contributed by atoms with van der Waals surface area (Å²) in [6.07, 6.45) is 1.85. The minimum absolute atomic E-state index is 0.0273. The molecule has 27 heavy (non-hydrogen) atoms. The van der Waals surface area contributed by atoms with Crippen LogP contribution in [0.2, 0.25) is 5.04 Å². The highest BCUT2D eigenvalue weighted by Gasteiger charge is 2.64. The van der Waals surface area contributed by atoms with Crippen molar-refractivity contribution in [3.05, 3.63) is 60.7 Å². The molecule has 1 saturated heterocycles. The molecule has 2 aromatic rings. The Morgan fingerprint density at radius 1 is 1.07 bits per heavy atom. The van der Waals surface area contributed by atoms with E-state index < -0.39 is 13.9 Å². The Hall–Kier alpha value is -1.75. The Labute approximate surface area is 162 Å². The van der Waals surface area contributed by atoms with E-state index in [-0.39, 0.29) is 5.04 Å². The molecular formula is C23H28O3Si. The van der Waals surface area contributed by atoms with Gasteiger partial charge >= 0.3 is 0 Å². The number of hydrogen-bond donors (Lipinski definition) is 0. The van der Waals surface area contributed by atoms with Gasteiger partial charge in [-0.15, -0.1) is 0 Å². The summed E-state index contributed by atoms with van der Waals surface area (Å²) in [6, 6.07) is 21.4. The molecule has 1 saturated carbocycles. The van der Waals surface area contributed by atoms with Crippen molar-refractivity contribution in [3.8, 4) is 0 Å². The number of benzene rings is 2. The van der Waals surface area contributed by atoms with Gasteiger partial charge in [0.05, 0.1) is 6.61 Å². The standard InChI is InChI=1S/C23H28O3Si/c1-22(2,3)27(19-10-6-4-7-11-19,20-12-8-5-9-13-20)26-16-18-15-25-23(17-24)14-21(18)23/h4-13,17-18,21H,14-16H2,1-3H3/t18-,21-,23+/m1/s1. The van der Waals surface area contributed by atoms with E-state index in [1.54, 1.807) is 0 Å². The van der Waals surface area contributed by atoms with Gasteiger partial charge in [-0.25, -0.2) is 0 Å². The second-order valence-corrected chi connectivity index (χ2v) is 13.2. The van der Waals surface area contributed by atoms with Gasteiger partial charge in [0.15, 0.2) is 6.29 Å². The van der Waals surface area contributed by atoms with Crippen molar-refractivity contribution in [1.82, 2.24) is 0 Å². The predicted molar refractivity (Wildman–Crippen MR) is 110 cm³/mol. The highest BCUT2D eigenvalue weighted by atomic mass is 28.4. The molecule has 4 heteroatoms. The number of rotatable bonds is 6. The van der Waals surface area contributed by atoms with E-state index in [2.05, 4.69) is 81.4 Å².